The molecular formula is C18H29IN4O. The maximum atomic E-state index is 12.1. The van der Waals surface area contributed by atoms with Gasteiger partial charge in [-0.2, -0.15) is 0 Å². The van der Waals surface area contributed by atoms with Gasteiger partial charge in [0.05, 0.1) is 0 Å². The van der Waals surface area contributed by atoms with Gasteiger partial charge in [0.1, 0.15) is 0 Å². The van der Waals surface area contributed by atoms with Gasteiger partial charge in [0.15, 0.2) is 5.96 Å². The summed E-state index contributed by atoms with van der Waals surface area (Å²) >= 11 is 0. The van der Waals surface area contributed by atoms with E-state index < -0.39 is 0 Å². The molecule has 1 aliphatic rings. The van der Waals surface area contributed by atoms with Crippen molar-refractivity contribution in [2.24, 2.45) is 10.9 Å². The quantitative estimate of drug-likeness (QED) is 0.386. The van der Waals surface area contributed by atoms with Crippen LogP contribution in [0.3, 0.4) is 0 Å². The Morgan fingerprint density at radius 3 is 2.50 bits per heavy atom. The Labute approximate surface area is 162 Å². The minimum Gasteiger partial charge on any atom is -0.357 e. The Hall–Kier alpha value is -1.31. The van der Waals surface area contributed by atoms with E-state index in [0.717, 1.165) is 38.6 Å². The van der Waals surface area contributed by atoms with E-state index in [9.17, 15) is 4.79 Å². The van der Waals surface area contributed by atoms with E-state index in [2.05, 4.69) is 41.6 Å². The summed E-state index contributed by atoms with van der Waals surface area (Å²) in [6.07, 6.45) is 1.53. The van der Waals surface area contributed by atoms with Crippen molar-refractivity contribution in [3.05, 3.63) is 35.9 Å². The van der Waals surface area contributed by atoms with E-state index in [1.54, 1.807) is 0 Å². The Morgan fingerprint density at radius 1 is 1.21 bits per heavy atom. The normalized spacial score (nSPS) is 16.5. The third-order valence-electron chi connectivity index (χ3n) is 4.00. The summed E-state index contributed by atoms with van der Waals surface area (Å²) in [5.74, 6) is 1.42. The van der Waals surface area contributed by atoms with E-state index in [1.807, 2.05) is 23.1 Å². The number of halogens is 1. The summed E-state index contributed by atoms with van der Waals surface area (Å²) in [6, 6.07) is 10.3. The molecule has 0 saturated carbocycles. The number of carbonyl (C=O) groups is 1. The molecule has 1 heterocycles. The van der Waals surface area contributed by atoms with Crippen molar-refractivity contribution in [2.75, 3.05) is 32.7 Å². The molecule has 0 aliphatic carbocycles. The minimum atomic E-state index is 0. The number of hydrogen-bond donors (Lipinski definition) is 2. The molecule has 0 spiro atoms. The highest BCUT2D eigenvalue weighted by molar-refractivity contribution is 14.0. The molecule has 2 N–H and O–H groups in total. The summed E-state index contributed by atoms with van der Waals surface area (Å²) in [7, 11) is 0. The highest BCUT2D eigenvalue weighted by Gasteiger charge is 2.28. The van der Waals surface area contributed by atoms with Crippen LogP contribution in [0.1, 0.15) is 25.8 Å². The zero-order chi connectivity index (χ0) is 16.5. The molecule has 1 unspecified atom stereocenters. The van der Waals surface area contributed by atoms with E-state index in [-0.39, 0.29) is 29.9 Å². The first-order chi connectivity index (χ1) is 11.2. The highest BCUT2D eigenvalue weighted by atomic mass is 127. The summed E-state index contributed by atoms with van der Waals surface area (Å²) in [5, 5.41) is 6.43. The molecule has 24 heavy (non-hydrogen) atoms. The Balaban J connectivity index is 0.00000288. The number of aliphatic imine (C=N–C) groups is 1. The molecule has 0 bridgehead atoms. The van der Waals surface area contributed by atoms with E-state index in [0.29, 0.717) is 18.9 Å². The standard InChI is InChI=1S/C18H28N4O.HI/c1-3-19-18(20-4-2)21-13-16-12-17(23)22(14-16)11-10-15-8-6-5-7-9-15;/h5-9,16H,3-4,10-14H2,1-2H3,(H2,19,20,21);1H. The number of amides is 1. The third-order valence-corrected chi connectivity index (χ3v) is 4.00. The second kappa shape index (κ2) is 11.3. The number of hydrogen-bond acceptors (Lipinski definition) is 2. The fourth-order valence-electron chi connectivity index (χ4n) is 2.83. The Morgan fingerprint density at radius 2 is 1.88 bits per heavy atom. The number of guanidine groups is 1. The predicted octanol–water partition coefficient (Wildman–Crippen LogP) is 2.27. The molecule has 6 heteroatoms. The zero-order valence-electron chi connectivity index (χ0n) is 14.6. The van der Waals surface area contributed by atoms with Crippen LogP contribution in [0.5, 0.6) is 0 Å². The van der Waals surface area contributed by atoms with Gasteiger partial charge in [-0.1, -0.05) is 30.3 Å². The van der Waals surface area contributed by atoms with Crippen LogP contribution in [0, 0.1) is 5.92 Å². The van der Waals surface area contributed by atoms with E-state index in [4.69, 9.17) is 0 Å². The summed E-state index contributed by atoms with van der Waals surface area (Å²) in [6.45, 7) is 8.12. The average molecular weight is 444 g/mol. The van der Waals surface area contributed by atoms with Gasteiger partial charge in [-0.25, -0.2) is 0 Å². The second-order valence-corrected chi connectivity index (χ2v) is 5.90. The number of benzene rings is 1. The number of carbonyl (C=O) groups excluding carboxylic acids is 1. The fraction of sp³-hybridized carbons (Fsp3) is 0.556. The molecular weight excluding hydrogens is 415 g/mol. The lowest BCUT2D eigenvalue weighted by atomic mass is 10.1. The summed E-state index contributed by atoms with van der Waals surface area (Å²) < 4.78 is 0. The molecule has 1 saturated heterocycles. The van der Waals surface area contributed by atoms with Crippen molar-refractivity contribution >= 4 is 35.8 Å². The van der Waals surface area contributed by atoms with E-state index >= 15 is 0 Å². The SMILES string of the molecule is CCNC(=NCC1CC(=O)N(CCc2ccccc2)C1)NCC.I. The van der Waals surface area contributed by atoms with Gasteiger partial charge in [-0.15, -0.1) is 24.0 Å². The summed E-state index contributed by atoms with van der Waals surface area (Å²) in [5.41, 5.74) is 1.28. The molecule has 1 aromatic rings. The number of nitrogens with one attached hydrogen (secondary N) is 2. The first-order valence-corrected chi connectivity index (χ1v) is 8.56. The number of likely N-dealkylation sites (tertiary alicyclic amines) is 1. The minimum absolute atomic E-state index is 0. The second-order valence-electron chi connectivity index (χ2n) is 5.90. The molecule has 5 nitrogen and oxygen atoms in total. The van der Waals surface area contributed by atoms with Crippen LogP contribution >= 0.6 is 24.0 Å². The molecule has 1 atom stereocenters. The largest absolute Gasteiger partial charge is 0.357 e. The lowest BCUT2D eigenvalue weighted by Gasteiger charge is -2.16. The number of rotatable bonds is 7. The van der Waals surface area contributed by atoms with Gasteiger partial charge < -0.3 is 15.5 Å². The van der Waals surface area contributed by atoms with Crippen molar-refractivity contribution in [1.29, 1.82) is 0 Å². The lowest BCUT2D eigenvalue weighted by Crippen LogP contribution is -2.37. The van der Waals surface area contributed by atoms with Crippen molar-refractivity contribution < 1.29 is 4.79 Å². The highest BCUT2D eigenvalue weighted by Crippen LogP contribution is 2.18. The van der Waals surface area contributed by atoms with Crippen molar-refractivity contribution in [3.8, 4) is 0 Å². The van der Waals surface area contributed by atoms with Gasteiger partial charge in [-0.05, 0) is 25.8 Å². The van der Waals surface area contributed by atoms with Crippen LogP contribution in [0.4, 0.5) is 0 Å². The van der Waals surface area contributed by atoms with Crippen molar-refractivity contribution in [2.45, 2.75) is 26.7 Å². The van der Waals surface area contributed by atoms with Gasteiger partial charge in [0.25, 0.3) is 0 Å². The van der Waals surface area contributed by atoms with Crippen LogP contribution in [0.15, 0.2) is 35.3 Å². The smallest absolute Gasteiger partial charge is 0.223 e. The van der Waals surface area contributed by atoms with Gasteiger partial charge in [-0.3, -0.25) is 9.79 Å². The van der Waals surface area contributed by atoms with Gasteiger partial charge in [0.2, 0.25) is 5.91 Å². The summed E-state index contributed by atoms with van der Waals surface area (Å²) in [4.78, 5) is 18.7. The van der Waals surface area contributed by atoms with E-state index in [1.165, 1.54) is 5.56 Å². The predicted molar refractivity (Wildman–Crippen MR) is 110 cm³/mol. The maximum absolute atomic E-state index is 12.1. The van der Waals surface area contributed by atoms with Crippen LogP contribution in [-0.4, -0.2) is 49.5 Å². The van der Waals surface area contributed by atoms with Crippen LogP contribution in [0.2, 0.25) is 0 Å². The molecule has 0 aromatic heterocycles. The monoisotopic (exact) mass is 444 g/mol. The first kappa shape index (κ1) is 20.7. The Bertz CT molecular complexity index is 513. The Kier molecular flexibility index (Phi) is 9.75. The molecule has 1 amide bonds. The molecule has 0 radical (unpaired) electrons. The van der Waals surface area contributed by atoms with Gasteiger partial charge >= 0.3 is 0 Å². The van der Waals surface area contributed by atoms with Gasteiger partial charge in [0, 0.05) is 45.1 Å². The van der Waals surface area contributed by atoms with Crippen molar-refractivity contribution in [1.82, 2.24) is 15.5 Å². The fourth-order valence-corrected chi connectivity index (χ4v) is 2.83. The van der Waals surface area contributed by atoms with Crippen LogP contribution in [0.25, 0.3) is 0 Å². The average Bonchev–Trinajstić information content (AvgIpc) is 2.92. The zero-order valence-corrected chi connectivity index (χ0v) is 17.0. The third kappa shape index (κ3) is 6.67. The molecule has 1 aromatic carbocycles. The van der Waals surface area contributed by atoms with Crippen molar-refractivity contribution in [3.63, 3.8) is 0 Å². The lowest BCUT2D eigenvalue weighted by molar-refractivity contribution is -0.127. The first-order valence-electron chi connectivity index (χ1n) is 8.56. The molecule has 1 fully saturated rings. The van der Waals surface area contributed by atoms with Crippen LogP contribution in [-0.2, 0) is 11.2 Å². The van der Waals surface area contributed by atoms with Crippen LogP contribution < -0.4 is 10.6 Å². The molecule has 134 valence electrons. The molecule has 2 rings (SSSR count). The molecule has 1 aliphatic heterocycles. The maximum Gasteiger partial charge on any atom is 0.223 e. The number of nitrogens with zero attached hydrogens (tertiary/aromatic N) is 2. The topological polar surface area (TPSA) is 56.7 Å².